The van der Waals surface area contributed by atoms with Gasteiger partial charge in [0, 0.05) is 79.1 Å². The summed E-state index contributed by atoms with van der Waals surface area (Å²) < 4.78 is 59.1. The molecule has 8 nitrogen and oxygen atoms in total. The monoisotopic (exact) mass is 718 g/mol. The summed E-state index contributed by atoms with van der Waals surface area (Å²) in [6, 6.07) is 3.27. The molecule has 0 radical (unpaired) electrons. The Morgan fingerprint density at radius 2 is 1.88 bits per heavy atom. The lowest BCUT2D eigenvalue weighted by molar-refractivity contribution is 0.0770. The van der Waals surface area contributed by atoms with Crippen molar-refractivity contribution >= 4 is 55.9 Å². The maximum Gasteiger partial charge on any atom is 0.275 e. The van der Waals surface area contributed by atoms with Gasteiger partial charge in [-0.1, -0.05) is 25.7 Å². The Hall–Kier alpha value is -3.61. The number of hydrogen-bond acceptors (Lipinski definition) is 6. The van der Waals surface area contributed by atoms with Gasteiger partial charge in [-0.25, -0.2) is 17.2 Å². The standard InChI is InChI=1S/C30H31ClF2N4O4S2.C5H10/c1-6-19(32)11-24(33)17(2)36-14-18-15-37(42-4)28-27(18)23(16-34(3)30(28)39)20-12-21-22(13-25(20)36)29(38)35(10-8-31)9-7-26(21)43(5,40)41;1-3-5-4-2/h6,11-13,15-16,26H,1,7-10,14H2,2-5H3;3,5H,4H2,1-2H3/b19-11+,24-17-;5-3+. The van der Waals surface area contributed by atoms with Gasteiger partial charge in [0.2, 0.25) is 0 Å². The molecule has 0 fully saturated rings. The van der Waals surface area contributed by atoms with Gasteiger partial charge in [0.15, 0.2) is 9.84 Å². The van der Waals surface area contributed by atoms with E-state index >= 15 is 4.39 Å². The molecule has 0 aliphatic carbocycles. The first-order chi connectivity index (χ1) is 22.7. The first-order valence-corrected chi connectivity index (χ1v) is 19.2. The van der Waals surface area contributed by atoms with Gasteiger partial charge in [0.05, 0.1) is 23.2 Å². The molecule has 2 aliphatic rings. The lowest BCUT2D eigenvalue weighted by Crippen LogP contribution is -2.33. The van der Waals surface area contributed by atoms with Crippen LogP contribution in [0.5, 0.6) is 0 Å². The van der Waals surface area contributed by atoms with Crippen LogP contribution in [0.4, 0.5) is 14.5 Å². The third-order valence-electron chi connectivity index (χ3n) is 8.52. The second kappa shape index (κ2) is 15.3. The van der Waals surface area contributed by atoms with E-state index in [1.807, 2.05) is 19.4 Å². The van der Waals surface area contributed by atoms with E-state index in [-0.39, 0.29) is 54.7 Å². The summed E-state index contributed by atoms with van der Waals surface area (Å²) in [6.45, 7) is 9.51. The largest absolute Gasteiger partial charge is 0.338 e. The SMILES string of the molecule is C/C=C/CC.C=C/C(F)=C\C(F)=C(/C)N1Cc2cn(SC)c3c(=O)n(C)cc(c23)-c2cc3c(cc21)C(=O)N(CCCl)CCC3S(C)(=O)=O. The number of anilines is 1. The third kappa shape index (κ3) is 7.21. The maximum atomic E-state index is 15.6. The molecular weight excluding hydrogens is 678 g/mol. The highest BCUT2D eigenvalue weighted by Gasteiger charge is 2.37. The highest BCUT2D eigenvalue weighted by Crippen LogP contribution is 2.47. The van der Waals surface area contributed by atoms with Crippen LogP contribution in [0.15, 0.2) is 77.6 Å². The fourth-order valence-electron chi connectivity index (χ4n) is 6.15. The van der Waals surface area contributed by atoms with Crippen LogP contribution in [0.2, 0.25) is 0 Å². The molecule has 2 aliphatic heterocycles. The zero-order valence-corrected chi connectivity index (χ0v) is 30.4. The lowest BCUT2D eigenvalue weighted by Gasteiger charge is -2.28. The van der Waals surface area contributed by atoms with Crippen molar-refractivity contribution in [3.8, 4) is 11.1 Å². The van der Waals surface area contributed by atoms with Crippen molar-refractivity contribution in [3.05, 3.63) is 99.8 Å². The van der Waals surface area contributed by atoms with Gasteiger partial charge in [-0.3, -0.25) is 13.6 Å². The van der Waals surface area contributed by atoms with Crippen LogP contribution < -0.4 is 10.5 Å². The average Bonchev–Trinajstić information content (AvgIpc) is 3.29. The normalized spacial score (nSPS) is 17.0. The van der Waals surface area contributed by atoms with Crippen molar-refractivity contribution in [2.75, 3.05) is 36.4 Å². The van der Waals surface area contributed by atoms with Crippen molar-refractivity contribution in [1.29, 1.82) is 0 Å². The molecule has 1 aromatic carbocycles. The average molecular weight is 719 g/mol. The van der Waals surface area contributed by atoms with Crippen molar-refractivity contribution < 1.29 is 22.0 Å². The Labute approximate surface area is 290 Å². The number of rotatable bonds is 8. The maximum absolute atomic E-state index is 15.6. The molecule has 0 spiro atoms. The third-order valence-corrected chi connectivity index (χ3v) is 10.9. The van der Waals surface area contributed by atoms with Gasteiger partial charge in [0.1, 0.15) is 17.2 Å². The molecule has 0 bridgehead atoms. The topological polar surface area (TPSA) is 84.6 Å². The van der Waals surface area contributed by atoms with Gasteiger partial charge in [0.25, 0.3) is 11.5 Å². The predicted molar refractivity (Wildman–Crippen MR) is 195 cm³/mol. The molecule has 0 saturated carbocycles. The second-order valence-electron chi connectivity index (χ2n) is 11.6. The van der Waals surface area contributed by atoms with E-state index in [9.17, 15) is 22.4 Å². The van der Waals surface area contributed by atoms with E-state index in [4.69, 9.17) is 11.6 Å². The molecule has 3 aromatic rings. The fourth-order valence-corrected chi connectivity index (χ4v) is 8.13. The quantitative estimate of drug-likeness (QED) is 0.134. The minimum absolute atomic E-state index is 0.0566. The first-order valence-electron chi connectivity index (χ1n) is 15.5. The van der Waals surface area contributed by atoms with E-state index in [0.29, 0.717) is 38.8 Å². The van der Waals surface area contributed by atoms with Crippen molar-refractivity contribution in [2.45, 2.75) is 45.4 Å². The Kier molecular flexibility index (Phi) is 11.9. The van der Waals surface area contributed by atoms with Gasteiger partial charge in [-0.2, -0.15) is 0 Å². The number of carbonyl (C=O) groups is 1. The summed E-state index contributed by atoms with van der Waals surface area (Å²) in [5.74, 6) is -1.94. The van der Waals surface area contributed by atoms with Crippen LogP contribution in [-0.4, -0.2) is 59.2 Å². The van der Waals surface area contributed by atoms with Crippen molar-refractivity contribution in [1.82, 2.24) is 13.4 Å². The summed E-state index contributed by atoms with van der Waals surface area (Å²) in [5, 5.41) is -0.341. The Bertz CT molecular complexity index is 2010. The number of alkyl halides is 1. The summed E-state index contributed by atoms with van der Waals surface area (Å²) in [7, 11) is -2.04. The number of benzene rings is 1. The number of sulfone groups is 1. The van der Waals surface area contributed by atoms with Crippen LogP contribution in [0, 0.1) is 0 Å². The Morgan fingerprint density at radius 3 is 2.44 bits per heavy atom. The van der Waals surface area contributed by atoms with Crippen LogP contribution in [-0.2, 0) is 23.4 Å². The number of hydrogen-bond donors (Lipinski definition) is 0. The molecule has 4 heterocycles. The number of allylic oxidation sites excluding steroid dienone is 7. The van der Waals surface area contributed by atoms with Crippen LogP contribution in [0.25, 0.3) is 22.0 Å². The zero-order valence-electron chi connectivity index (χ0n) is 28.0. The number of nitrogens with zero attached hydrogens (tertiary/aromatic N) is 4. The van der Waals surface area contributed by atoms with Crippen molar-refractivity contribution in [3.63, 3.8) is 0 Å². The number of amides is 1. The zero-order chi connectivity index (χ0) is 35.5. The number of halogens is 3. The molecule has 13 heteroatoms. The summed E-state index contributed by atoms with van der Waals surface area (Å²) in [6.07, 6.45) is 13.6. The molecule has 0 N–H and O–H groups in total. The van der Waals surface area contributed by atoms with Gasteiger partial charge in [-0.15, -0.1) is 11.6 Å². The summed E-state index contributed by atoms with van der Waals surface area (Å²) in [5.41, 5.74) is 3.02. The van der Waals surface area contributed by atoms with Gasteiger partial charge >= 0.3 is 0 Å². The number of pyridine rings is 1. The molecule has 2 aromatic heterocycles. The highest BCUT2D eigenvalue weighted by atomic mass is 35.5. The minimum Gasteiger partial charge on any atom is -0.338 e. The van der Waals surface area contributed by atoms with Crippen molar-refractivity contribution in [2.24, 2.45) is 7.05 Å². The van der Waals surface area contributed by atoms with E-state index in [2.05, 4.69) is 25.7 Å². The summed E-state index contributed by atoms with van der Waals surface area (Å²) >= 11 is 7.32. The van der Waals surface area contributed by atoms with E-state index in [1.54, 1.807) is 34.2 Å². The number of fused-ring (bicyclic) bond motifs is 3. The molecule has 5 rings (SSSR count). The van der Waals surface area contributed by atoms with Crippen LogP contribution >= 0.6 is 23.5 Å². The van der Waals surface area contributed by atoms with Crippen LogP contribution in [0.3, 0.4) is 0 Å². The van der Waals surface area contributed by atoms with Gasteiger partial charge < -0.3 is 14.4 Å². The Morgan fingerprint density at radius 1 is 1.17 bits per heavy atom. The fraction of sp³-hybridized carbons (Fsp3) is 0.371. The van der Waals surface area contributed by atoms with E-state index in [1.165, 1.54) is 28.3 Å². The van der Waals surface area contributed by atoms with Gasteiger partial charge in [-0.05, 0) is 68.0 Å². The molecule has 1 atom stereocenters. The Balaban J connectivity index is 0.000000968. The highest BCUT2D eigenvalue weighted by molar-refractivity contribution is 7.97. The molecule has 48 heavy (non-hydrogen) atoms. The second-order valence-corrected chi connectivity index (χ2v) is 15.0. The lowest BCUT2D eigenvalue weighted by atomic mass is 9.93. The molecular formula is C35H41ClF2N4O4S2. The minimum atomic E-state index is -3.66. The number of aryl methyl sites for hydroxylation is 1. The molecule has 1 amide bonds. The van der Waals surface area contributed by atoms with Crippen LogP contribution in [0.1, 0.15) is 60.3 Å². The predicted octanol–water partition coefficient (Wildman–Crippen LogP) is 7.84. The number of carbonyl (C=O) groups excluding carboxylic acids is 1. The van der Waals surface area contributed by atoms with E-state index in [0.717, 1.165) is 24.8 Å². The molecule has 1 unspecified atom stereocenters. The molecule has 0 saturated heterocycles. The first kappa shape index (κ1) is 37.2. The van der Waals surface area contributed by atoms with E-state index < -0.39 is 26.7 Å². The molecule has 258 valence electrons. The smallest absolute Gasteiger partial charge is 0.275 e. The number of aromatic nitrogens is 2. The summed E-state index contributed by atoms with van der Waals surface area (Å²) in [4.78, 5) is 30.4.